The molecule has 0 aromatic carbocycles. The summed E-state index contributed by atoms with van der Waals surface area (Å²) in [5.74, 6) is -0.147. The first-order valence-electron chi connectivity index (χ1n) is 9.88. The van der Waals surface area contributed by atoms with Gasteiger partial charge in [0.25, 0.3) is 0 Å². The molecule has 0 radical (unpaired) electrons. The highest BCUT2D eigenvalue weighted by Crippen LogP contribution is 2.68. The molecule has 25 heavy (non-hydrogen) atoms. The fraction of sp³-hybridized carbons (Fsp3) is 1.00. The maximum Gasteiger partial charge on any atom is 0.101 e. The second-order valence-electron chi connectivity index (χ2n) is 10.5. The van der Waals surface area contributed by atoms with Gasteiger partial charge in [-0.05, 0) is 56.8 Å². The first-order chi connectivity index (χ1) is 11.4. The number of rotatable bonds is 0. The van der Waals surface area contributed by atoms with Crippen molar-refractivity contribution in [3.8, 4) is 0 Å². The Morgan fingerprint density at radius 3 is 2.08 bits per heavy atom. The van der Waals surface area contributed by atoms with Gasteiger partial charge in [0.05, 0.1) is 23.9 Å². The maximum absolute atomic E-state index is 11.7. The van der Waals surface area contributed by atoms with E-state index in [0.717, 1.165) is 12.8 Å². The average molecular weight is 354 g/mol. The predicted octanol–water partition coefficient (Wildman–Crippen LogP) is 1.05. The summed E-state index contributed by atoms with van der Waals surface area (Å²) in [5, 5.41) is 55.4. The normalized spacial score (nSPS) is 63.0. The molecule has 4 saturated carbocycles. The van der Waals surface area contributed by atoms with Crippen LogP contribution in [-0.4, -0.2) is 55.0 Å². The van der Waals surface area contributed by atoms with Crippen molar-refractivity contribution in [1.82, 2.24) is 0 Å². The van der Waals surface area contributed by atoms with Crippen LogP contribution in [0.5, 0.6) is 0 Å². The molecule has 0 aliphatic heterocycles. The van der Waals surface area contributed by atoms with Crippen molar-refractivity contribution in [3.05, 3.63) is 0 Å². The molecular weight excluding hydrogens is 320 g/mol. The maximum atomic E-state index is 11.7. The monoisotopic (exact) mass is 354 g/mol. The molecular formula is C20H34O5. The number of fused-ring (bicyclic) bond motifs is 2. The molecule has 0 saturated heterocycles. The lowest BCUT2D eigenvalue weighted by molar-refractivity contribution is -0.178. The molecule has 5 N–H and O–H groups in total. The topological polar surface area (TPSA) is 101 Å². The van der Waals surface area contributed by atoms with Crippen molar-refractivity contribution in [1.29, 1.82) is 0 Å². The molecule has 5 nitrogen and oxygen atoms in total. The fourth-order valence-electron chi connectivity index (χ4n) is 7.79. The van der Waals surface area contributed by atoms with Gasteiger partial charge in [-0.25, -0.2) is 0 Å². The average Bonchev–Trinajstić information content (AvgIpc) is 2.71. The third-order valence-corrected chi connectivity index (χ3v) is 9.24. The van der Waals surface area contributed by atoms with E-state index in [1.807, 2.05) is 20.8 Å². The summed E-state index contributed by atoms with van der Waals surface area (Å²) in [7, 11) is 0. The summed E-state index contributed by atoms with van der Waals surface area (Å²) >= 11 is 0. The Morgan fingerprint density at radius 1 is 0.840 bits per heavy atom. The molecule has 0 amide bonds. The molecule has 0 aromatic rings. The second kappa shape index (κ2) is 4.99. The van der Waals surface area contributed by atoms with Gasteiger partial charge in [-0.1, -0.05) is 20.8 Å². The standard InChI is InChI=1S/C20H34O5/c1-10-11-5-6-12-16(23)19(11,9-18(12,4)24)8-15(22)20(25)13(10)7-14(21)17(20,2)3/h10-16,21-25H,5-9H2,1-4H3/t10-,11-,12-,13-,14+,15+,16+,18-,19+,20-/m1/s1. The summed E-state index contributed by atoms with van der Waals surface area (Å²) in [6.07, 6.45) is 0.606. The summed E-state index contributed by atoms with van der Waals surface area (Å²) in [4.78, 5) is 0. The van der Waals surface area contributed by atoms with Crippen LogP contribution in [0.25, 0.3) is 0 Å². The predicted molar refractivity (Wildman–Crippen MR) is 92.5 cm³/mol. The van der Waals surface area contributed by atoms with Crippen molar-refractivity contribution >= 4 is 0 Å². The summed E-state index contributed by atoms with van der Waals surface area (Å²) < 4.78 is 0. The van der Waals surface area contributed by atoms with Crippen LogP contribution in [0.4, 0.5) is 0 Å². The SMILES string of the molecule is C[C@@H]1[C@H]2CC[C@@H]3[C@H](O)[C@@]2(C[C@H](O)[C@]2(O)[C@@H]1C[C@H](O)C2(C)C)C[C@@]3(C)O. The van der Waals surface area contributed by atoms with Gasteiger partial charge in [0.15, 0.2) is 0 Å². The van der Waals surface area contributed by atoms with Crippen LogP contribution >= 0.6 is 0 Å². The highest BCUT2D eigenvalue weighted by molar-refractivity contribution is 5.22. The van der Waals surface area contributed by atoms with Crippen LogP contribution < -0.4 is 0 Å². The van der Waals surface area contributed by atoms with E-state index in [0.29, 0.717) is 19.3 Å². The van der Waals surface area contributed by atoms with Gasteiger partial charge < -0.3 is 25.5 Å². The van der Waals surface area contributed by atoms with Gasteiger partial charge in [0, 0.05) is 16.7 Å². The molecule has 4 rings (SSSR count). The quantitative estimate of drug-likeness (QED) is 0.448. The lowest BCUT2D eigenvalue weighted by atomic mass is 9.59. The van der Waals surface area contributed by atoms with Crippen LogP contribution in [0.1, 0.15) is 59.8 Å². The van der Waals surface area contributed by atoms with E-state index >= 15 is 0 Å². The van der Waals surface area contributed by atoms with Crippen LogP contribution in [0.3, 0.4) is 0 Å². The molecule has 144 valence electrons. The van der Waals surface area contributed by atoms with Crippen molar-refractivity contribution < 1.29 is 25.5 Å². The van der Waals surface area contributed by atoms with Gasteiger partial charge in [-0.2, -0.15) is 0 Å². The highest BCUT2D eigenvalue weighted by atomic mass is 16.4. The smallest absolute Gasteiger partial charge is 0.101 e. The molecule has 1 spiro atoms. The van der Waals surface area contributed by atoms with E-state index in [4.69, 9.17) is 0 Å². The molecule has 4 fully saturated rings. The molecule has 0 aromatic heterocycles. The third-order valence-electron chi connectivity index (χ3n) is 9.24. The van der Waals surface area contributed by atoms with Crippen LogP contribution in [0.2, 0.25) is 0 Å². The molecule has 0 heterocycles. The van der Waals surface area contributed by atoms with Crippen molar-refractivity contribution in [2.45, 2.75) is 89.3 Å². The number of hydrogen-bond acceptors (Lipinski definition) is 5. The number of hydrogen-bond donors (Lipinski definition) is 5. The van der Waals surface area contributed by atoms with Crippen LogP contribution in [0, 0.1) is 34.5 Å². The van der Waals surface area contributed by atoms with Crippen molar-refractivity contribution in [3.63, 3.8) is 0 Å². The lowest BCUT2D eigenvalue weighted by Crippen LogP contribution is -2.57. The minimum Gasteiger partial charge on any atom is -0.392 e. The number of aliphatic hydroxyl groups is 5. The Labute approximate surface area is 150 Å². The Hall–Kier alpha value is -0.200. The zero-order chi connectivity index (χ0) is 18.6. The number of aliphatic hydroxyl groups excluding tert-OH is 3. The summed E-state index contributed by atoms with van der Waals surface area (Å²) in [6.45, 7) is 7.59. The van der Waals surface area contributed by atoms with E-state index in [1.54, 1.807) is 0 Å². The van der Waals surface area contributed by atoms with E-state index in [9.17, 15) is 25.5 Å². The van der Waals surface area contributed by atoms with E-state index in [2.05, 4.69) is 6.92 Å². The largest absolute Gasteiger partial charge is 0.392 e. The van der Waals surface area contributed by atoms with Gasteiger partial charge in [0.1, 0.15) is 5.60 Å². The van der Waals surface area contributed by atoms with Gasteiger partial charge >= 0.3 is 0 Å². The van der Waals surface area contributed by atoms with Crippen LogP contribution in [0.15, 0.2) is 0 Å². The highest BCUT2D eigenvalue weighted by Gasteiger charge is 2.72. The fourth-order valence-corrected chi connectivity index (χ4v) is 7.79. The van der Waals surface area contributed by atoms with Gasteiger partial charge in [-0.3, -0.25) is 0 Å². The van der Waals surface area contributed by atoms with E-state index in [-0.39, 0.29) is 23.7 Å². The van der Waals surface area contributed by atoms with E-state index < -0.39 is 40.3 Å². The molecule has 5 heteroatoms. The Balaban J connectivity index is 1.83. The Kier molecular flexibility index (Phi) is 3.63. The van der Waals surface area contributed by atoms with Gasteiger partial charge in [0.2, 0.25) is 0 Å². The molecule has 2 bridgehead atoms. The van der Waals surface area contributed by atoms with Crippen molar-refractivity contribution in [2.24, 2.45) is 34.5 Å². The first-order valence-corrected chi connectivity index (χ1v) is 9.88. The molecule has 10 atom stereocenters. The van der Waals surface area contributed by atoms with Crippen molar-refractivity contribution in [2.75, 3.05) is 0 Å². The Morgan fingerprint density at radius 2 is 1.44 bits per heavy atom. The first kappa shape index (κ1) is 18.2. The summed E-state index contributed by atoms with van der Waals surface area (Å²) in [5.41, 5.74) is -3.65. The minimum absolute atomic E-state index is 0.0723. The van der Waals surface area contributed by atoms with E-state index in [1.165, 1.54) is 0 Å². The summed E-state index contributed by atoms with van der Waals surface area (Å²) in [6, 6.07) is 0. The molecule has 4 aliphatic carbocycles. The Bertz CT molecular complexity index is 574. The zero-order valence-corrected chi connectivity index (χ0v) is 15.8. The molecule has 4 aliphatic rings. The third kappa shape index (κ3) is 1.92. The lowest BCUT2D eigenvalue weighted by Gasteiger charge is -2.47. The second-order valence-corrected chi connectivity index (χ2v) is 10.5. The zero-order valence-electron chi connectivity index (χ0n) is 15.8. The molecule has 0 unspecified atom stereocenters. The van der Waals surface area contributed by atoms with Crippen LogP contribution in [-0.2, 0) is 0 Å². The minimum atomic E-state index is -1.37. The van der Waals surface area contributed by atoms with Gasteiger partial charge in [-0.15, -0.1) is 0 Å².